The van der Waals surface area contributed by atoms with Gasteiger partial charge < -0.3 is 0 Å². The number of halogens is 3. The van der Waals surface area contributed by atoms with Crippen LogP contribution >= 0.6 is 27.7 Å². The van der Waals surface area contributed by atoms with Gasteiger partial charge >= 0.3 is 0 Å². The second-order valence-corrected chi connectivity index (χ2v) is 8.01. The number of hydrogen-bond acceptors (Lipinski definition) is 3. The van der Waals surface area contributed by atoms with Crippen molar-refractivity contribution in [2.24, 2.45) is 5.84 Å². The molecule has 2 nitrogen and oxygen atoms in total. The fraction of sp³-hybridized carbons (Fsp3) is 0.538. The van der Waals surface area contributed by atoms with Crippen LogP contribution in [0.5, 0.6) is 0 Å². The first kappa shape index (κ1) is 16.9. The molecule has 0 spiro atoms. The van der Waals surface area contributed by atoms with Gasteiger partial charge in [-0.1, -0.05) is 20.8 Å². The Labute approximate surface area is 125 Å². The lowest BCUT2D eigenvalue weighted by molar-refractivity contribution is 0.509. The highest BCUT2D eigenvalue weighted by Gasteiger charge is 2.19. The number of hydrogen-bond donors (Lipinski definition) is 2. The smallest absolute Gasteiger partial charge is 0.143 e. The van der Waals surface area contributed by atoms with Crippen molar-refractivity contribution in [2.75, 3.05) is 5.75 Å². The van der Waals surface area contributed by atoms with Gasteiger partial charge in [-0.05, 0) is 34.5 Å². The van der Waals surface area contributed by atoms with E-state index in [-0.39, 0.29) is 27.2 Å². The third-order valence-corrected chi connectivity index (χ3v) is 4.59. The average Bonchev–Trinajstić information content (AvgIpc) is 2.32. The van der Waals surface area contributed by atoms with Gasteiger partial charge in [-0.15, -0.1) is 0 Å². The molecule has 0 aliphatic rings. The van der Waals surface area contributed by atoms with E-state index in [9.17, 15) is 8.78 Å². The van der Waals surface area contributed by atoms with E-state index in [1.54, 1.807) is 11.8 Å². The van der Waals surface area contributed by atoms with Crippen LogP contribution in [-0.4, -0.2) is 16.5 Å². The molecule has 0 saturated carbocycles. The lowest BCUT2D eigenvalue weighted by atomic mass is 10.1. The van der Waals surface area contributed by atoms with E-state index in [0.717, 1.165) is 0 Å². The van der Waals surface area contributed by atoms with Crippen LogP contribution < -0.4 is 11.3 Å². The highest BCUT2D eigenvalue weighted by atomic mass is 79.9. The van der Waals surface area contributed by atoms with Gasteiger partial charge in [0.25, 0.3) is 0 Å². The van der Waals surface area contributed by atoms with Crippen molar-refractivity contribution < 1.29 is 8.78 Å². The first-order valence-corrected chi connectivity index (χ1v) is 7.75. The molecule has 0 aliphatic carbocycles. The predicted molar refractivity (Wildman–Crippen MR) is 81.1 cm³/mol. The molecule has 0 radical (unpaired) electrons. The standard InChI is InChI=1S/C13H19BrF2N2S/c1-13(2,3)19-7-8(18-17)6-9-11(15)5-4-10(14)12(9)16/h4-5,8,18H,6-7,17H2,1-3H3. The fourth-order valence-corrected chi connectivity index (χ4v) is 2.81. The topological polar surface area (TPSA) is 38.0 Å². The summed E-state index contributed by atoms with van der Waals surface area (Å²) in [4.78, 5) is 0. The first-order valence-electron chi connectivity index (χ1n) is 5.97. The van der Waals surface area contributed by atoms with Crippen molar-refractivity contribution >= 4 is 27.7 Å². The molecule has 1 atom stereocenters. The Morgan fingerprint density at radius 1 is 1.37 bits per heavy atom. The zero-order valence-corrected chi connectivity index (χ0v) is 13.7. The zero-order valence-electron chi connectivity index (χ0n) is 11.3. The summed E-state index contributed by atoms with van der Waals surface area (Å²) < 4.78 is 27.9. The van der Waals surface area contributed by atoms with Gasteiger partial charge in [0, 0.05) is 22.1 Å². The third-order valence-electron chi connectivity index (χ3n) is 2.54. The molecule has 1 aromatic rings. The van der Waals surface area contributed by atoms with Crippen LogP contribution in [0.4, 0.5) is 8.78 Å². The minimum atomic E-state index is -0.555. The second kappa shape index (κ2) is 7.02. The molecule has 6 heteroatoms. The van der Waals surface area contributed by atoms with E-state index in [4.69, 9.17) is 5.84 Å². The molecule has 19 heavy (non-hydrogen) atoms. The maximum atomic E-state index is 13.9. The van der Waals surface area contributed by atoms with Crippen LogP contribution in [-0.2, 0) is 6.42 Å². The largest absolute Gasteiger partial charge is 0.271 e. The summed E-state index contributed by atoms with van der Waals surface area (Å²) in [7, 11) is 0. The van der Waals surface area contributed by atoms with Gasteiger partial charge in [-0.3, -0.25) is 11.3 Å². The van der Waals surface area contributed by atoms with Crippen LogP contribution in [0.2, 0.25) is 0 Å². The lowest BCUT2D eigenvalue weighted by Crippen LogP contribution is -2.40. The van der Waals surface area contributed by atoms with E-state index >= 15 is 0 Å². The van der Waals surface area contributed by atoms with Crippen molar-refractivity contribution in [3.8, 4) is 0 Å². The molecule has 1 aromatic carbocycles. The molecule has 0 aromatic heterocycles. The Morgan fingerprint density at radius 3 is 2.53 bits per heavy atom. The van der Waals surface area contributed by atoms with Crippen molar-refractivity contribution in [2.45, 2.75) is 38.0 Å². The highest BCUT2D eigenvalue weighted by molar-refractivity contribution is 9.10. The number of thioether (sulfide) groups is 1. The summed E-state index contributed by atoms with van der Waals surface area (Å²) in [5.74, 6) is 5.06. The summed E-state index contributed by atoms with van der Waals surface area (Å²) in [5, 5.41) is 0. The zero-order chi connectivity index (χ0) is 14.6. The SMILES string of the molecule is CC(C)(C)SCC(Cc1c(F)ccc(Br)c1F)NN. The Bertz CT molecular complexity index is 435. The van der Waals surface area contributed by atoms with E-state index < -0.39 is 11.6 Å². The summed E-state index contributed by atoms with van der Waals surface area (Å²) in [6, 6.07) is 2.44. The average molecular weight is 353 g/mol. The summed E-state index contributed by atoms with van der Waals surface area (Å²) in [6.07, 6.45) is 0.219. The van der Waals surface area contributed by atoms with Gasteiger partial charge in [0.2, 0.25) is 0 Å². The Hall–Kier alpha value is -0.170. The summed E-state index contributed by atoms with van der Waals surface area (Å²) in [6.45, 7) is 6.27. The monoisotopic (exact) mass is 352 g/mol. The molecule has 0 saturated heterocycles. The number of rotatable bonds is 5. The van der Waals surface area contributed by atoms with E-state index in [0.29, 0.717) is 5.75 Å². The molecule has 3 N–H and O–H groups in total. The number of benzene rings is 1. The molecule has 0 bridgehead atoms. The molecule has 1 unspecified atom stereocenters. The minimum absolute atomic E-state index is 0.0619. The number of hydrazine groups is 1. The van der Waals surface area contributed by atoms with Gasteiger partial charge in [0.1, 0.15) is 11.6 Å². The van der Waals surface area contributed by atoms with Crippen molar-refractivity contribution in [1.29, 1.82) is 0 Å². The highest BCUT2D eigenvalue weighted by Crippen LogP contribution is 2.26. The number of nitrogens with two attached hydrogens (primary N) is 1. The quantitative estimate of drug-likeness (QED) is 0.482. The minimum Gasteiger partial charge on any atom is -0.271 e. The van der Waals surface area contributed by atoms with Gasteiger partial charge in [-0.2, -0.15) is 11.8 Å². The number of nitrogens with one attached hydrogen (secondary N) is 1. The van der Waals surface area contributed by atoms with Crippen LogP contribution in [0, 0.1) is 11.6 Å². The molecular formula is C13H19BrF2N2S. The van der Waals surface area contributed by atoms with Crippen molar-refractivity contribution in [3.63, 3.8) is 0 Å². The predicted octanol–water partition coefficient (Wildman–Crippen LogP) is 3.63. The molecule has 1 rings (SSSR count). The summed E-state index contributed by atoms with van der Waals surface area (Å²) >= 11 is 4.77. The maximum absolute atomic E-state index is 13.9. The van der Waals surface area contributed by atoms with E-state index in [1.165, 1.54) is 12.1 Å². The normalized spacial score (nSPS) is 13.6. The Morgan fingerprint density at radius 2 is 2.00 bits per heavy atom. The molecule has 0 amide bonds. The van der Waals surface area contributed by atoms with Gasteiger partial charge in [0.15, 0.2) is 0 Å². The maximum Gasteiger partial charge on any atom is 0.143 e. The van der Waals surface area contributed by atoms with Crippen molar-refractivity contribution in [3.05, 3.63) is 33.8 Å². The third kappa shape index (κ3) is 5.38. The summed E-state index contributed by atoms with van der Waals surface area (Å²) in [5.41, 5.74) is 2.69. The Balaban J connectivity index is 2.79. The molecular weight excluding hydrogens is 334 g/mol. The lowest BCUT2D eigenvalue weighted by Gasteiger charge is -2.23. The molecule has 0 heterocycles. The van der Waals surface area contributed by atoms with Crippen LogP contribution in [0.15, 0.2) is 16.6 Å². The Kier molecular flexibility index (Phi) is 6.23. The van der Waals surface area contributed by atoms with E-state index in [1.807, 2.05) is 0 Å². The second-order valence-electron chi connectivity index (χ2n) is 5.31. The molecule has 0 fully saturated rings. The van der Waals surface area contributed by atoms with Crippen LogP contribution in [0.1, 0.15) is 26.3 Å². The molecule has 108 valence electrons. The van der Waals surface area contributed by atoms with Gasteiger partial charge in [0.05, 0.1) is 4.47 Å². The van der Waals surface area contributed by atoms with Crippen LogP contribution in [0.3, 0.4) is 0 Å². The van der Waals surface area contributed by atoms with Crippen LogP contribution in [0.25, 0.3) is 0 Å². The fourth-order valence-electron chi connectivity index (χ4n) is 1.52. The first-order chi connectivity index (χ1) is 8.74. The van der Waals surface area contributed by atoms with E-state index in [2.05, 4.69) is 42.1 Å². The molecule has 0 aliphatic heterocycles. The van der Waals surface area contributed by atoms with Crippen molar-refractivity contribution in [1.82, 2.24) is 5.43 Å². The van der Waals surface area contributed by atoms with Gasteiger partial charge in [-0.25, -0.2) is 8.78 Å².